The summed E-state index contributed by atoms with van der Waals surface area (Å²) in [5, 5.41) is 0. The van der Waals surface area contributed by atoms with Crippen molar-refractivity contribution in [2.75, 3.05) is 12.0 Å². The number of rotatable bonds is 5. The van der Waals surface area contributed by atoms with Gasteiger partial charge in [0.05, 0.1) is 19.2 Å². The Bertz CT molecular complexity index is 848. The summed E-state index contributed by atoms with van der Waals surface area (Å²) in [6.07, 6.45) is -0.0178. The number of para-hydroxylation sites is 1. The number of benzene rings is 2. The molecular weight excluding hydrogens is 334 g/mol. The zero-order valence-corrected chi connectivity index (χ0v) is 14.5. The molecule has 1 aliphatic rings. The average molecular weight is 353 g/mol. The van der Waals surface area contributed by atoms with E-state index in [1.807, 2.05) is 19.1 Å². The van der Waals surface area contributed by atoms with Crippen molar-refractivity contribution in [2.45, 2.75) is 19.4 Å². The fraction of sp³-hybridized carbons (Fsp3) is 0.211. The third-order valence-corrected chi connectivity index (χ3v) is 4.22. The molecule has 0 aliphatic carbocycles. The fourth-order valence-corrected chi connectivity index (χ4v) is 2.78. The van der Waals surface area contributed by atoms with E-state index in [4.69, 9.17) is 4.74 Å². The number of carbonyl (C=O) groups excluding carboxylic acids is 3. The van der Waals surface area contributed by atoms with Gasteiger partial charge in [-0.15, -0.1) is 0 Å². The maximum atomic E-state index is 12.6. The van der Waals surface area contributed by atoms with Crippen molar-refractivity contribution >= 4 is 23.4 Å². The Balaban J connectivity index is 1.65. The van der Waals surface area contributed by atoms with E-state index in [0.29, 0.717) is 17.0 Å². The standard InChI is InChI=1S/C19H19N3O4/c1-12-5-3-4-6-16(12)22-17(23)11-15(19(22)25)20-21-18(24)13-7-9-14(26-2)10-8-13/h3-10,15,20H,11H2,1-2H3,(H,21,24)/t15-/m1/s1. The van der Waals surface area contributed by atoms with Crippen LogP contribution in [-0.2, 0) is 9.59 Å². The Morgan fingerprint density at radius 3 is 2.46 bits per heavy atom. The van der Waals surface area contributed by atoms with Crippen LogP contribution in [0.3, 0.4) is 0 Å². The Hall–Kier alpha value is -3.19. The number of methoxy groups -OCH3 is 1. The maximum Gasteiger partial charge on any atom is 0.265 e. The molecule has 0 spiro atoms. The zero-order valence-electron chi connectivity index (χ0n) is 14.5. The van der Waals surface area contributed by atoms with E-state index in [-0.39, 0.29) is 18.2 Å². The summed E-state index contributed by atoms with van der Waals surface area (Å²) in [6.45, 7) is 1.84. The quantitative estimate of drug-likeness (QED) is 0.629. The van der Waals surface area contributed by atoms with Crippen molar-refractivity contribution in [1.29, 1.82) is 0 Å². The molecule has 134 valence electrons. The number of nitrogens with zero attached hydrogens (tertiary/aromatic N) is 1. The molecule has 2 N–H and O–H groups in total. The summed E-state index contributed by atoms with van der Waals surface area (Å²) in [6, 6.07) is 12.9. The van der Waals surface area contributed by atoms with E-state index < -0.39 is 11.9 Å². The second kappa shape index (κ2) is 7.37. The molecule has 1 fully saturated rings. The molecule has 0 radical (unpaired) electrons. The van der Waals surface area contributed by atoms with Crippen LogP contribution >= 0.6 is 0 Å². The zero-order chi connectivity index (χ0) is 18.7. The normalized spacial score (nSPS) is 16.7. The van der Waals surface area contributed by atoms with Gasteiger partial charge in [0.15, 0.2) is 0 Å². The Morgan fingerprint density at radius 2 is 1.81 bits per heavy atom. The summed E-state index contributed by atoms with van der Waals surface area (Å²) in [7, 11) is 1.54. The van der Waals surface area contributed by atoms with Gasteiger partial charge in [-0.25, -0.2) is 10.3 Å². The van der Waals surface area contributed by atoms with Crippen LogP contribution in [0.2, 0.25) is 0 Å². The number of hydrogen-bond donors (Lipinski definition) is 2. The van der Waals surface area contributed by atoms with E-state index >= 15 is 0 Å². The van der Waals surface area contributed by atoms with Gasteiger partial charge in [0, 0.05) is 5.56 Å². The number of nitrogens with one attached hydrogen (secondary N) is 2. The van der Waals surface area contributed by atoms with Crippen molar-refractivity contribution in [3.63, 3.8) is 0 Å². The molecule has 1 saturated heterocycles. The number of imide groups is 1. The molecule has 3 rings (SSSR count). The number of aryl methyl sites for hydroxylation is 1. The molecule has 2 aromatic carbocycles. The van der Waals surface area contributed by atoms with Gasteiger partial charge < -0.3 is 4.74 Å². The minimum atomic E-state index is -0.802. The number of hydrazine groups is 1. The first-order valence-electron chi connectivity index (χ1n) is 8.13. The largest absolute Gasteiger partial charge is 0.497 e. The smallest absolute Gasteiger partial charge is 0.265 e. The molecule has 26 heavy (non-hydrogen) atoms. The summed E-state index contributed by atoms with van der Waals surface area (Å²) in [5.41, 5.74) is 6.95. The Kier molecular flexibility index (Phi) is 4.99. The van der Waals surface area contributed by atoms with Crippen LogP contribution in [-0.4, -0.2) is 30.9 Å². The van der Waals surface area contributed by atoms with Crippen LogP contribution in [0.5, 0.6) is 5.75 Å². The molecule has 7 nitrogen and oxygen atoms in total. The molecule has 0 aromatic heterocycles. The van der Waals surface area contributed by atoms with Crippen LogP contribution in [0.25, 0.3) is 0 Å². The van der Waals surface area contributed by atoms with Crippen LogP contribution in [0.4, 0.5) is 5.69 Å². The molecule has 7 heteroatoms. The van der Waals surface area contributed by atoms with Crippen LogP contribution in [0.15, 0.2) is 48.5 Å². The topological polar surface area (TPSA) is 87.7 Å². The lowest BCUT2D eigenvalue weighted by molar-refractivity contribution is -0.121. The summed E-state index contributed by atoms with van der Waals surface area (Å²) in [4.78, 5) is 38.2. The first kappa shape index (κ1) is 17.6. The third kappa shape index (κ3) is 3.43. The van der Waals surface area contributed by atoms with Gasteiger partial charge in [-0.05, 0) is 42.8 Å². The van der Waals surface area contributed by atoms with Crippen molar-refractivity contribution in [3.8, 4) is 5.75 Å². The Labute approximate surface area is 150 Å². The summed E-state index contributed by atoms with van der Waals surface area (Å²) >= 11 is 0. The van der Waals surface area contributed by atoms with Gasteiger partial charge >= 0.3 is 0 Å². The fourth-order valence-electron chi connectivity index (χ4n) is 2.78. The van der Waals surface area contributed by atoms with Gasteiger partial charge in [0.25, 0.3) is 11.8 Å². The molecule has 1 atom stereocenters. The molecule has 0 saturated carbocycles. The highest BCUT2D eigenvalue weighted by Gasteiger charge is 2.40. The molecule has 1 heterocycles. The number of anilines is 1. The van der Waals surface area contributed by atoms with E-state index in [9.17, 15) is 14.4 Å². The first-order chi connectivity index (χ1) is 12.5. The number of carbonyl (C=O) groups is 3. The van der Waals surface area contributed by atoms with E-state index in [1.165, 1.54) is 0 Å². The van der Waals surface area contributed by atoms with E-state index in [0.717, 1.165) is 10.5 Å². The molecule has 2 aromatic rings. The lowest BCUT2D eigenvalue weighted by Crippen LogP contribution is -2.48. The highest BCUT2D eigenvalue weighted by molar-refractivity contribution is 6.22. The van der Waals surface area contributed by atoms with Crippen molar-refractivity contribution in [2.24, 2.45) is 0 Å². The number of amides is 3. The van der Waals surface area contributed by atoms with Gasteiger partial charge in [-0.3, -0.25) is 19.8 Å². The molecule has 1 aliphatic heterocycles. The predicted octanol–water partition coefficient (Wildman–Crippen LogP) is 1.57. The van der Waals surface area contributed by atoms with Crippen LogP contribution in [0, 0.1) is 6.92 Å². The van der Waals surface area contributed by atoms with Gasteiger partial charge in [-0.2, -0.15) is 0 Å². The first-order valence-corrected chi connectivity index (χ1v) is 8.13. The third-order valence-electron chi connectivity index (χ3n) is 4.22. The molecule has 3 amide bonds. The number of hydrogen-bond acceptors (Lipinski definition) is 5. The highest BCUT2D eigenvalue weighted by atomic mass is 16.5. The number of ether oxygens (including phenoxy) is 1. The van der Waals surface area contributed by atoms with Crippen molar-refractivity contribution in [1.82, 2.24) is 10.9 Å². The van der Waals surface area contributed by atoms with Gasteiger partial charge in [-0.1, -0.05) is 18.2 Å². The molecule has 0 unspecified atom stereocenters. The van der Waals surface area contributed by atoms with Crippen LogP contribution < -0.4 is 20.5 Å². The van der Waals surface area contributed by atoms with Crippen LogP contribution in [0.1, 0.15) is 22.3 Å². The monoisotopic (exact) mass is 353 g/mol. The summed E-state index contributed by atoms with van der Waals surface area (Å²) in [5.74, 6) is -0.456. The van der Waals surface area contributed by atoms with E-state index in [1.54, 1.807) is 43.5 Å². The average Bonchev–Trinajstić information content (AvgIpc) is 2.94. The molecular formula is C19H19N3O4. The van der Waals surface area contributed by atoms with Crippen molar-refractivity contribution < 1.29 is 19.1 Å². The lowest BCUT2D eigenvalue weighted by Gasteiger charge is -2.17. The second-order valence-electron chi connectivity index (χ2n) is 5.94. The Morgan fingerprint density at radius 1 is 1.12 bits per heavy atom. The minimum Gasteiger partial charge on any atom is -0.497 e. The van der Waals surface area contributed by atoms with E-state index in [2.05, 4.69) is 10.9 Å². The SMILES string of the molecule is COc1ccc(C(=O)NN[C@@H]2CC(=O)N(c3ccccc3C)C2=O)cc1. The van der Waals surface area contributed by atoms with Gasteiger partial charge in [0.2, 0.25) is 5.91 Å². The van der Waals surface area contributed by atoms with Gasteiger partial charge in [0.1, 0.15) is 11.8 Å². The van der Waals surface area contributed by atoms with Crippen molar-refractivity contribution in [3.05, 3.63) is 59.7 Å². The molecule has 0 bridgehead atoms. The predicted molar refractivity (Wildman–Crippen MR) is 95.7 cm³/mol. The highest BCUT2D eigenvalue weighted by Crippen LogP contribution is 2.25. The maximum absolute atomic E-state index is 12.6. The summed E-state index contributed by atoms with van der Waals surface area (Å²) < 4.78 is 5.04. The lowest BCUT2D eigenvalue weighted by atomic mass is 10.2. The minimum absolute atomic E-state index is 0.0178. The second-order valence-corrected chi connectivity index (χ2v) is 5.94.